The second kappa shape index (κ2) is 3.78. The summed E-state index contributed by atoms with van der Waals surface area (Å²) >= 11 is 0. The van der Waals surface area contributed by atoms with Crippen LogP contribution in [-0.2, 0) is 0 Å². The third-order valence-corrected chi connectivity index (χ3v) is 2.06. The molecule has 3 nitrogen and oxygen atoms in total. The molecule has 0 atom stereocenters. The highest BCUT2D eigenvalue weighted by atomic mass is 15.1. The summed E-state index contributed by atoms with van der Waals surface area (Å²) in [6, 6.07) is 4.13. The van der Waals surface area contributed by atoms with Crippen molar-refractivity contribution in [3.8, 4) is 12.1 Å². The minimum atomic E-state index is 0.512. The molecule has 66 valence electrons. The molecule has 0 aromatic carbocycles. The van der Waals surface area contributed by atoms with Gasteiger partial charge in [0, 0.05) is 19.8 Å². The lowest BCUT2D eigenvalue weighted by atomic mass is 9.96. The molecule has 1 aliphatic rings. The molecule has 1 aliphatic carbocycles. The Bertz CT molecular complexity index is 347. The van der Waals surface area contributed by atoms with Crippen molar-refractivity contribution in [2.75, 3.05) is 14.1 Å². The Kier molecular flexibility index (Phi) is 2.72. The first-order valence-corrected chi connectivity index (χ1v) is 4.12. The lowest BCUT2D eigenvalue weighted by Gasteiger charge is -2.21. The fourth-order valence-electron chi connectivity index (χ4n) is 1.41. The molecule has 0 fully saturated rings. The van der Waals surface area contributed by atoms with Crippen molar-refractivity contribution in [3.05, 3.63) is 22.9 Å². The van der Waals surface area contributed by atoms with E-state index in [1.54, 1.807) is 0 Å². The van der Waals surface area contributed by atoms with Gasteiger partial charge in [-0.1, -0.05) is 6.08 Å². The van der Waals surface area contributed by atoms with Crippen LogP contribution in [0.5, 0.6) is 0 Å². The number of hydrogen-bond acceptors (Lipinski definition) is 3. The zero-order valence-corrected chi connectivity index (χ0v) is 7.83. The van der Waals surface area contributed by atoms with E-state index in [-0.39, 0.29) is 0 Å². The predicted molar refractivity (Wildman–Crippen MR) is 49.3 cm³/mol. The van der Waals surface area contributed by atoms with Crippen molar-refractivity contribution in [2.24, 2.45) is 0 Å². The zero-order valence-electron chi connectivity index (χ0n) is 7.83. The molecule has 0 aromatic rings. The van der Waals surface area contributed by atoms with E-state index in [0.717, 1.165) is 18.5 Å². The van der Waals surface area contributed by atoms with Gasteiger partial charge in [-0.05, 0) is 12.8 Å². The normalized spacial score (nSPS) is 15.8. The molecule has 3 heteroatoms. The summed E-state index contributed by atoms with van der Waals surface area (Å²) in [5.74, 6) is 0. The van der Waals surface area contributed by atoms with E-state index >= 15 is 0 Å². The van der Waals surface area contributed by atoms with Crippen molar-refractivity contribution < 1.29 is 0 Å². The van der Waals surface area contributed by atoms with E-state index < -0.39 is 0 Å². The highest BCUT2D eigenvalue weighted by Gasteiger charge is 2.16. The van der Waals surface area contributed by atoms with Crippen molar-refractivity contribution in [2.45, 2.75) is 12.8 Å². The quantitative estimate of drug-likeness (QED) is 0.604. The third kappa shape index (κ3) is 1.71. The number of hydrogen-bond donors (Lipinski definition) is 0. The third-order valence-electron chi connectivity index (χ3n) is 2.06. The molecule has 1 rings (SSSR count). The standard InChI is InChI=1S/C10H11N3/c1-13(2)10-5-3-4-8(6-11)9(10)7-12/h4H,3,5H2,1-2H3. The lowest BCUT2D eigenvalue weighted by molar-refractivity contribution is 0.481. The molecule has 0 aromatic heterocycles. The molecule has 0 saturated carbocycles. The number of allylic oxidation sites excluding steroid dienone is 4. The Hall–Kier alpha value is -1.74. The number of nitriles is 2. The minimum Gasteiger partial charge on any atom is -0.380 e. The Balaban J connectivity index is 3.16. The average molecular weight is 173 g/mol. The first-order chi connectivity index (χ1) is 6.20. The van der Waals surface area contributed by atoms with Crippen molar-refractivity contribution in [3.63, 3.8) is 0 Å². The first kappa shape index (κ1) is 9.35. The van der Waals surface area contributed by atoms with Gasteiger partial charge in [0.25, 0.3) is 0 Å². The molecular weight excluding hydrogens is 162 g/mol. The van der Waals surface area contributed by atoms with E-state index in [2.05, 4.69) is 6.07 Å². The summed E-state index contributed by atoms with van der Waals surface area (Å²) in [5.41, 5.74) is 2.00. The number of nitrogens with zero attached hydrogens (tertiary/aromatic N) is 3. The second-order valence-electron chi connectivity index (χ2n) is 3.10. The van der Waals surface area contributed by atoms with E-state index in [4.69, 9.17) is 10.5 Å². The molecular formula is C10H11N3. The Labute approximate surface area is 78.2 Å². The molecule has 0 unspecified atom stereocenters. The van der Waals surface area contributed by atoms with Gasteiger partial charge in [-0.15, -0.1) is 0 Å². The van der Waals surface area contributed by atoms with Gasteiger partial charge in [-0.2, -0.15) is 10.5 Å². The largest absolute Gasteiger partial charge is 0.380 e. The zero-order chi connectivity index (χ0) is 9.84. The fraction of sp³-hybridized carbons (Fsp3) is 0.400. The Morgan fingerprint density at radius 2 is 2.00 bits per heavy atom. The summed E-state index contributed by atoms with van der Waals surface area (Å²) in [6.45, 7) is 0. The van der Waals surface area contributed by atoms with Crippen LogP contribution in [0.4, 0.5) is 0 Å². The summed E-state index contributed by atoms with van der Waals surface area (Å²) in [4.78, 5) is 1.91. The van der Waals surface area contributed by atoms with E-state index in [9.17, 15) is 0 Å². The summed E-state index contributed by atoms with van der Waals surface area (Å²) in [7, 11) is 3.79. The van der Waals surface area contributed by atoms with Gasteiger partial charge in [0.15, 0.2) is 0 Å². The van der Waals surface area contributed by atoms with Crippen LogP contribution in [0.25, 0.3) is 0 Å². The van der Waals surface area contributed by atoms with E-state index in [1.807, 2.05) is 31.1 Å². The van der Waals surface area contributed by atoms with Gasteiger partial charge in [-0.3, -0.25) is 0 Å². The van der Waals surface area contributed by atoms with Crippen LogP contribution in [0.3, 0.4) is 0 Å². The topological polar surface area (TPSA) is 50.8 Å². The van der Waals surface area contributed by atoms with Crippen LogP contribution < -0.4 is 0 Å². The van der Waals surface area contributed by atoms with Gasteiger partial charge in [0.2, 0.25) is 0 Å². The van der Waals surface area contributed by atoms with Gasteiger partial charge in [-0.25, -0.2) is 0 Å². The SMILES string of the molecule is CN(C)C1=C(C#N)C(C#N)=CCC1. The maximum absolute atomic E-state index is 8.89. The first-order valence-electron chi connectivity index (χ1n) is 4.12. The second-order valence-corrected chi connectivity index (χ2v) is 3.10. The lowest BCUT2D eigenvalue weighted by Crippen LogP contribution is -2.15. The minimum absolute atomic E-state index is 0.512. The predicted octanol–water partition coefficient (Wildman–Crippen LogP) is 1.57. The monoisotopic (exact) mass is 173 g/mol. The average Bonchev–Trinajstić information content (AvgIpc) is 2.16. The van der Waals surface area contributed by atoms with Gasteiger partial charge < -0.3 is 4.90 Å². The Morgan fingerprint density at radius 1 is 1.31 bits per heavy atom. The molecule has 0 heterocycles. The van der Waals surface area contributed by atoms with Crippen LogP contribution in [0, 0.1) is 22.7 Å². The van der Waals surface area contributed by atoms with Gasteiger partial charge >= 0.3 is 0 Å². The van der Waals surface area contributed by atoms with E-state index in [0.29, 0.717) is 11.1 Å². The maximum Gasteiger partial charge on any atom is 0.102 e. The molecule has 0 bridgehead atoms. The van der Waals surface area contributed by atoms with Crippen LogP contribution in [0.2, 0.25) is 0 Å². The summed E-state index contributed by atoms with van der Waals surface area (Å²) in [6.07, 6.45) is 3.52. The van der Waals surface area contributed by atoms with Crippen molar-refractivity contribution >= 4 is 0 Å². The van der Waals surface area contributed by atoms with Gasteiger partial charge in [0.05, 0.1) is 11.1 Å². The van der Waals surface area contributed by atoms with Crippen LogP contribution >= 0.6 is 0 Å². The van der Waals surface area contributed by atoms with Crippen molar-refractivity contribution in [1.29, 1.82) is 10.5 Å². The maximum atomic E-state index is 8.89. The van der Waals surface area contributed by atoms with Crippen molar-refractivity contribution in [1.82, 2.24) is 4.90 Å². The highest BCUT2D eigenvalue weighted by Crippen LogP contribution is 2.25. The van der Waals surface area contributed by atoms with E-state index in [1.165, 1.54) is 0 Å². The smallest absolute Gasteiger partial charge is 0.102 e. The molecule has 0 amide bonds. The summed E-state index contributed by atoms with van der Waals surface area (Å²) < 4.78 is 0. The summed E-state index contributed by atoms with van der Waals surface area (Å²) in [5, 5.41) is 17.7. The molecule has 0 spiro atoms. The van der Waals surface area contributed by atoms with Crippen LogP contribution in [-0.4, -0.2) is 19.0 Å². The number of rotatable bonds is 1. The van der Waals surface area contributed by atoms with Crippen LogP contribution in [0.1, 0.15) is 12.8 Å². The molecule has 0 N–H and O–H groups in total. The molecule has 13 heavy (non-hydrogen) atoms. The Morgan fingerprint density at radius 3 is 2.46 bits per heavy atom. The van der Waals surface area contributed by atoms with Gasteiger partial charge in [0.1, 0.15) is 12.1 Å². The molecule has 0 radical (unpaired) electrons. The highest BCUT2D eigenvalue weighted by molar-refractivity contribution is 5.54. The fourth-order valence-corrected chi connectivity index (χ4v) is 1.41. The molecule has 0 aliphatic heterocycles. The van der Waals surface area contributed by atoms with Crippen LogP contribution in [0.15, 0.2) is 22.9 Å². The molecule has 0 saturated heterocycles.